The average Bonchev–Trinajstić information content (AvgIpc) is 3.16. The van der Waals surface area contributed by atoms with Gasteiger partial charge in [-0.1, -0.05) is 24.3 Å². The molecule has 1 fully saturated rings. The highest BCUT2D eigenvalue weighted by Gasteiger charge is 2.28. The number of aryl methyl sites for hydroxylation is 2. The normalized spacial score (nSPS) is 19.4. The fourth-order valence-corrected chi connectivity index (χ4v) is 4.57. The van der Waals surface area contributed by atoms with Crippen LogP contribution in [-0.2, 0) is 19.4 Å². The van der Waals surface area contributed by atoms with Crippen molar-refractivity contribution < 1.29 is 0 Å². The van der Waals surface area contributed by atoms with Crippen LogP contribution in [0.1, 0.15) is 36.9 Å². The van der Waals surface area contributed by atoms with Crippen molar-refractivity contribution in [3.05, 3.63) is 64.2 Å². The number of benzene rings is 1. The molecule has 138 valence electrons. The Morgan fingerprint density at radius 3 is 2.93 bits per heavy atom. The first-order chi connectivity index (χ1) is 13.3. The van der Waals surface area contributed by atoms with Gasteiger partial charge < -0.3 is 4.90 Å². The summed E-state index contributed by atoms with van der Waals surface area (Å²) in [6, 6.07) is 12.5. The van der Waals surface area contributed by atoms with Crippen molar-refractivity contribution in [1.29, 1.82) is 0 Å². The number of anilines is 1. The second-order valence-corrected chi connectivity index (χ2v) is 7.69. The van der Waals surface area contributed by atoms with E-state index in [9.17, 15) is 4.79 Å². The highest BCUT2D eigenvalue weighted by Crippen LogP contribution is 2.30. The lowest BCUT2D eigenvalue weighted by molar-refractivity contribution is 0.472. The van der Waals surface area contributed by atoms with Gasteiger partial charge in [-0.2, -0.15) is 5.10 Å². The quantitative estimate of drug-likeness (QED) is 0.719. The summed E-state index contributed by atoms with van der Waals surface area (Å²) in [4.78, 5) is 19.7. The second kappa shape index (κ2) is 6.80. The number of nitrogens with zero attached hydrogens (tertiary/aromatic N) is 4. The lowest BCUT2D eigenvalue weighted by atomic mass is 9.97. The Morgan fingerprint density at radius 1 is 1.07 bits per heavy atom. The Labute approximate surface area is 158 Å². The van der Waals surface area contributed by atoms with E-state index >= 15 is 0 Å². The predicted molar refractivity (Wildman–Crippen MR) is 107 cm³/mol. The maximum Gasteiger partial charge on any atom is 0.267 e. The third-order valence-electron chi connectivity index (χ3n) is 5.96. The van der Waals surface area contributed by atoms with E-state index in [2.05, 4.69) is 35.2 Å². The van der Waals surface area contributed by atoms with E-state index in [-0.39, 0.29) is 11.6 Å². The van der Waals surface area contributed by atoms with Gasteiger partial charge in [0.15, 0.2) is 0 Å². The molecule has 5 rings (SSSR count). The standard InChI is InChI=1S/C22H24N4O/c27-21-14-17-7-2-4-10-20(17)24-26(21)15-18-8-5-13-25(18)22-19-9-3-1-6-16(19)11-12-23-22/h1,3,6,9,11-12,14,18H,2,4-5,7-8,10,13,15H2. The van der Waals surface area contributed by atoms with Crippen LogP contribution in [0.25, 0.3) is 10.8 Å². The van der Waals surface area contributed by atoms with Gasteiger partial charge in [0, 0.05) is 24.2 Å². The van der Waals surface area contributed by atoms with Gasteiger partial charge >= 0.3 is 0 Å². The molecule has 1 aliphatic carbocycles. The Morgan fingerprint density at radius 2 is 1.96 bits per heavy atom. The zero-order valence-electron chi connectivity index (χ0n) is 15.5. The summed E-state index contributed by atoms with van der Waals surface area (Å²) < 4.78 is 1.69. The molecule has 1 unspecified atom stereocenters. The summed E-state index contributed by atoms with van der Waals surface area (Å²) in [5.74, 6) is 1.03. The predicted octanol–water partition coefficient (Wildman–Crippen LogP) is 3.34. The van der Waals surface area contributed by atoms with Crippen molar-refractivity contribution in [2.75, 3.05) is 11.4 Å². The second-order valence-electron chi connectivity index (χ2n) is 7.69. The van der Waals surface area contributed by atoms with E-state index in [4.69, 9.17) is 10.1 Å². The molecule has 0 saturated carbocycles. The first kappa shape index (κ1) is 16.5. The van der Waals surface area contributed by atoms with Gasteiger partial charge in [0.1, 0.15) is 5.82 Å². The summed E-state index contributed by atoms with van der Waals surface area (Å²) in [6.45, 7) is 1.61. The third kappa shape index (κ3) is 3.01. The van der Waals surface area contributed by atoms with Crippen molar-refractivity contribution in [3.63, 3.8) is 0 Å². The molecule has 1 aromatic carbocycles. The van der Waals surface area contributed by atoms with Crippen LogP contribution in [0.2, 0.25) is 0 Å². The number of hydrogen-bond acceptors (Lipinski definition) is 4. The molecule has 0 N–H and O–H groups in total. The molecule has 0 amide bonds. The lowest BCUT2D eigenvalue weighted by Crippen LogP contribution is -2.38. The molecule has 2 aliphatic rings. The number of aromatic nitrogens is 3. The highest BCUT2D eigenvalue weighted by atomic mass is 16.1. The fraction of sp³-hybridized carbons (Fsp3) is 0.409. The van der Waals surface area contributed by atoms with E-state index in [1.54, 1.807) is 4.68 Å². The van der Waals surface area contributed by atoms with Gasteiger partial charge in [-0.05, 0) is 55.5 Å². The van der Waals surface area contributed by atoms with Crippen molar-refractivity contribution in [3.8, 4) is 0 Å². The highest BCUT2D eigenvalue weighted by molar-refractivity contribution is 5.92. The van der Waals surface area contributed by atoms with Gasteiger partial charge in [-0.15, -0.1) is 0 Å². The first-order valence-corrected chi connectivity index (χ1v) is 10.00. The Hall–Kier alpha value is -2.69. The summed E-state index contributed by atoms with van der Waals surface area (Å²) >= 11 is 0. The molecule has 0 bridgehead atoms. The number of fused-ring (bicyclic) bond motifs is 2. The minimum absolute atomic E-state index is 0.0355. The number of hydrogen-bond donors (Lipinski definition) is 0. The largest absolute Gasteiger partial charge is 0.351 e. The molecule has 1 atom stereocenters. The van der Waals surface area contributed by atoms with Crippen LogP contribution < -0.4 is 10.5 Å². The fourth-order valence-electron chi connectivity index (χ4n) is 4.57. The van der Waals surface area contributed by atoms with Crippen LogP contribution in [0, 0.1) is 0 Å². The molecule has 2 aromatic heterocycles. The average molecular weight is 360 g/mol. The van der Waals surface area contributed by atoms with Crippen molar-refractivity contribution in [2.45, 2.75) is 51.1 Å². The van der Waals surface area contributed by atoms with E-state index in [0.717, 1.165) is 49.3 Å². The summed E-state index contributed by atoms with van der Waals surface area (Å²) in [6.07, 6.45) is 8.40. The molecular weight excluding hydrogens is 336 g/mol. The Balaban J connectivity index is 1.48. The van der Waals surface area contributed by atoms with Crippen LogP contribution in [0.3, 0.4) is 0 Å². The SMILES string of the molecule is O=c1cc2c(nn1CC1CCCN1c1nccc3ccccc13)CCCC2. The van der Waals surface area contributed by atoms with Crippen molar-refractivity contribution in [2.24, 2.45) is 0 Å². The topological polar surface area (TPSA) is 51.0 Å². The van der Waals surface area contributed by atoms with Gasteiger partial charge in [-0.3, -0.25) is 4.79 Å². The van der Waals surface area contributed by atoms with Crippen LogP contribution in [0.5, 0.6) is 0 Å². The molecule has 27 heavy (non-hydrogen) atoms. The van der Waals surface area contributed by atoms with Gasteiger partial charge in [-0.25, -0.2) is 9.67 Å². The van der Waals surface area contributed by atoms with E-state index in [0.29, 0.717) is 6.54 Å². The molecule has 0 radical (unpaired) electrons. The van der Waals surface area contributed by atoms with E-state index < -0.39 is 0 Å². The third-order valence-corrected chi connectivity index (χ3v) is 5.96. The molecule has 5 nitrogen and oxygen atoms in total. The summed E-state index contributed by atoms with van der Waals surface area (Å²) in [7, 11) is 0. The van der Waals surface area contributed by atoms with E-state index in [1.165, 1.54) is 23.6 Å². The number of rotatable bonds is 3. The number of pyridine rings is 1. The van der Waals surface area contributed by atoms with Crippen LogP contribution in [0.4, 0.5) is 5.82 Å². The maximum atomic E-state index is 12.6. The van der Waals surface area contributed by atoms with Gasteiger partial charge in [0.05, 0.1) is 18.3 Å². The first-order valence-electron chi connectivity index (χ1n) is 10.00. The van der Waals surface area contributed by atoms with E-state index in [1.807, 2.05) is 12.3 Å². The monoisotopic (exact) mass is 360 g/mol. The van der Waals surface area contributed by atoms with Crippen LogP contribution in [-0.4, -0.2) is 27.4 Å². The van der Waals surface area contributed by atoms with Crippen LogP contribution in [0.15, 0.2) is 47.4 Å². The molecule has 5 heteroatoms. The maximum absolute atomic E-state index is 12.6. The molecule has 1 saturated heterocycles. The smallest absolute Gasteiger partial charge is 0.267 e. The van der Waals surface area contributed by atoms with Crippen molar-refractivity contribution >= 4 is 16.6 Å². The Bertz CT molecular complexity index is 1040. The molecular formula is C22H24N4O. The molecule has 1 aliphatic heterocycles. The molecule has 3 heterocycles. The molecule has 3 aromatic rings. The summed E-state index contributed by atoms with van der Waals surface area (Å²) in [5, 5.41) is 7.11. The minimum atomic E-state index is 0.0355. The van der Waals surface area contributed by atoms with Gasteiger partial charge in [0.25, 0.3) is 5.56 Å². The summed E-state index contributed by atoms with van der Waals surface area (Å²) in [5.41, 5.74) is 2.31. The van der Waals surface area contributed by atoms with Crippen LogP contribution >= 0.6 is 0 Å². The Kier molecular flexibility index (Phi) is 4.15. The van der Waals surface area contributed by atoms with Gasteiger partial charge in [0.2, 0.25) is 0 Å². The minimum Gasteiger partial charge on any atom is -0.351 e. The zero-order chi connectivity index (χ0) is 18.2. The zero-order valence-corrected chi connectivity index (χ0v) is 15.5. The molecule has 0 spiro atoms. The van der Waals surface area contributed by atoms with Crippen molar-refractivity contribution in [1.82, 2.24) is 14.8 Å². The lowest BCUT2D eigenvalue weighted by Gasteiger charge is -2.27.